The molecule has 5 nitrogen and oxygen atoms in total. The maximum absolute atomic E-state index is 12.7. The van der Waals surface area contributed by atoms with Gasteiger partial charge in [0.2, 0.25) is 5.91 Å². The summed E-state index contributed by atoms with van der Waals surface area (Å²) in [6, 6.07) is 15.2. The second kappa shape index (κ2) is 6.52. The van der Waals surface area contributed by atoms with Crippen molar-refractivity contribution in [2.75, 3.05) is 17.2 Å². The van der Waals surface area contributed by atoms with Gasteiger partial charge in [-0.2, -0.15) is 0 Å². The largest absolute Gasteiger partial charge is 0.374 e. The zero-order chi connectivity index (χ0) is 16.2. The molecule has 2 aromatic carbocycles. The van der Waals surface area contributed by atoms with Crippen molar-refractivity contribution < 1.29 is 9.59 Å². The molecule has 2 aromatic rings. The highest BCUT2D eigenvalue weighted by atomic mass is 16.2. The lowest BCUT2D eigenvalue weighted by Crippen LogP contribution is -2.32. The molecule has 3 N–H and O–H groups in total. The molecule has 0 spiro atoms. The van der Waals surface area contributed by atoms with Crippen LogP contribution in [0.3, 0.4) is 0 Å². The molecule has 0 saturated heterocycles. The van der Waals surface area contributed by atoms with Crippen LogP contribution in [0.2, 0.25) is 0 Å². The number of rotatable bonds is 4. The molecule has 1 aliphatic rings. The van der Waals surface area contributed by atoms with E-state index in [9.17, 15) is 9.59 Å². The van der Waals surface area contributed by atoms with Crippen molar-refractivity contribution >= 4 is 23.2 Å². The third kappa shape index (κ3) is 3.18. The summed E-state index contributed by atoms with van der Waals surface area (Å²) in [4.78, 5) is 24.1. The zero-order valence-corrected chi connectivity index (χ0v) is 12.9. The SMILES string of the molecule is CC[C@@H](NC(=O)c1cccc2c1NCC(=O)N2)c1ccccc1. The fourth-order valence-electron chi connectivity index (χ4n) is 2.74. The number of hydrogen-bond acceptors (Lipinski definition) is 3. The number of amides is 2. The second-order valence-electron chi connectivity index (χ2n) is 5.47. The number of benzene rings is 2. The Morgan fingerprint density at radius 1 is 1.17 bits per heavy atom. The van der Waals surface area contributed by atoms with E-state index in [1.165, 1.54) is 0 Å². The van der Waals surface area contributed by atoms with E-state index in [0.717, 1.165) is 12.0 Å². The van der Waals surface area contributed by atoms with Crippen molar-refractivity contribution in [2.45, 2.75) is 19.4 Å². The fraction of sp³-hybridized carbons (Fsp3) is 0.222. The lowest BCUT2D eigenvalue weighted by molar-refractivity contribution is -0.114. The van der Waals surface area contributed by atoms with E-state index in [-0.39, 0.29) is 24.4 Å². The van der Waals surface area contributed by atoms with Crippen LogP contribution in [-0.4, -0.2) is 18.4 Å². The molecule has 5 heteroatoms. The van der Waals surface area contributed by atoms with E-state index in [1.807, 2.05) is 37.3 Å². The normalized spacial score (nSPS) is 14.2. The summed E-state index contributed by atoms with van der Waals surface area (Å²) in [5.41, 5.74) is 2.93. The molecule has 118 valence electrons. The van der Waals surface area contributed by atoms with Gasteiger partial charge >= 0.3 is 0 Å². The molecule has 1 atom stereocenters. The summed E-state index contributed by atoms with van der Waals surface area (Å²) < 4.78 is 0. The van der Waals surface area contributed by atoms with Crippen LogP contribution in [0, 0.1) is 0 Å². The fourth-order valence-corrected chi connectivity index (χ4v) is 2.74. The van der Waals surface area contributed by atoms with Gasteiger partial charge in [-0.05, 0) is 24.1 Å². The zero-order valence-electron chi connectivity index (χ0n) is 12.9. The first kappa shape index (κ1) is 15.1. The summed E-state index contributed by atoms with van der Waals surface area (Å²) in [7, 11) is 0. The highest BCUT2D eigenvalue weighted by Gasteiger charge is 2.22. The van der Waals surface area contributed by atoms with Crippen molar-refractivity contribution in [3.05, 3.63) is 59.7 Å². The predicted octanol–water partition coefficient (Wildman–Crippen LogP) is 2.93. The maximum Gasteiger partial charge on any atom is 0.253 e. The lowest BCUT2D eigenvalue weighted by atomic mass is 10.0. The van der Waals surface area contributed by atoms with Crippen LogP contribution in [0.4, 0.5) is 11.4 Å². The van der Waals surface area contributed by atoms with Crippen LogP contribution < -0.4 is 16.0 Å². The summed E-state index contributed by atoms with van der Waals surface area (Å²) in [6.45, 7) is 2.21. The van der Waals surface area contributed by atoms with Gasteiger partial charge in [-0.25, -0.2) is 0 Å². The molecule has 23 heavy (non-hydrogen) atoms. The Morgan fingerprint density at radius 3 is 2.70 bits per heavy atom. The van der Waals surface area contributed by atoms with Crippen LogP contribution in [0.1, 0.15) is 35.3 Å². The number of carbonyl (C=O) groups excluding carboxylic acids is 2. The van der Waals surface area contributed by atoms with Gasteiger partial charge < -0.3 is 16.0 Å². The quantitative estimate of drug-likeness (QED) is 0.813. The monoisotopic (exact) mass is 309 g/mol. The Hall–Kier alpha value is -2.82. The first-order valence-electron chi connectivity index (χ1n) is 7.71. The number of nitrogens with one attached hydrogen (secondary N) is 3. The minimum Gasteiger partial charge on any atom is -0.374 e. The maximum atomic E-state index is 12.7. The smallest absolute Gasteiger partial charge is 0.253 e. The van der Waals surface area contributed by atoms with Gasteiger partial charge in [0.05, 0.1) is 29.5 Å². The van der Waals surface area contributed by atoms with E-state index < -0.39 is 0 Å². The molecule has 0 aliphatic carbocycles. The van der Waals surface area contributed by atoms with E-state index >= 15 is 0 Å². The van der Waals surface area contributed by atoms with E-state index in [4.69, 9.17) is 0 Å². The van der Waals surface area contributed by atoms with Gasteiger partial charge in [0.1, 0.15) is 0 Å². The molecular weight excluding hydrogens is 290 g/mol. The van der Waals surface area contributed by atoms with Crippen molar-refractivity contribution in [3.63, 3.8) is 0 Å². The summed E-state index contributed by atoms with van der Waals surface area (Å²) >= 11 is 0. The standard InChI is InChI=1S/C18H19N3O2/c1-2-14(12-7-4-3-5-8-12)21-18(23)13-9-6-10-15-17(13)19-11-16(22)20-15/h3-10,14,19H,2,11H2,1H3,(H,20,22)(H,21,23)/t14-/m1/s1. The first-order chi connectivity index (χ1) is 11.2. The molecule has 0 aromatic heterocycles. The number of fused-ring (bicyclic) bond motifs is 1. The Labute approximate surface area is 135 Å². The van der Waals surface area contributed by atoms with Gasteiger partial charge in [-0.1, -0.05) is 43.3 Å². The molecule has 1 aliphatic heterocycles. The van der Waals surface area contributed by atoms with Crippen LogP contribution in [0.25, 0.3) is 0 Å². The highest BCUT2D eigenvalue weighted by Crippen LogP contribution is 2.29. The van der Waals surface area contributed by atoms with Crippen LogP contribution >= 0.6 is 0 Å². The van der Waals surface area contributed by atoms with Crippen LogP contribution in [-0.2, 0) is 4.79 Å². The highest BCUT2D eigenvalue weighted by molar-refractivity contribution is 6.08. The van der Waals surface area contributed by atoms with E-state index in [2.05, 4.69) is 16.0 Å². The molecule has 0 saturated carbocycles. The molecule has 0 unspecified atom stereocenters. The van der Waals surface area contributed by atoms with Gasteiger partial charge in [-0.15, -0.1) is 0 Å². The van der Waals surface area contributed by atoms with Crippen LogP contribution in [0.15, 0.2) is 48.5 Å². The van der Waals surface area contributed by atoms with Gasteiger partial charge in [0.15, 0.2) is 0 Å². The molecule has 0 fully saturated rings. The van der Waals surface area contributed by atoms with Gasteiger partial charge in [-0.3, -0.25) is 9.59 Å². The molecule has 1 heterocycles. The van der Waals surface area contributed by atoms with Crippen LogP contribution in [0.5, 0.6) is 0 Å². The minimum atomic E-state index is -0.152. The Bertz CT molecular complexity index is 728. The number of para-hydroxylation sites is 1. The first-order valence-corrected chi connectivity index (χ1v) is 7.71. The minimum absolute atomic E-state index is 0.0438. The molecule has 2 amide bonds. The van der Waals surface area contributed by atoms with Gasteiger partial charge in [0, 0.05) is 0 Å². The number of anilines is 2. The third-order valence-corrected chi connectivity index (χ3v) is 3.92. The molecule has 0 bridgehead atoms. The van der Waals surface area contributed by atoms with Crippen molar-refractivity contribution in [2.24, 2.45) is 0 Å². The van der Waals surface area contributed by atoms with E-state index in [0.29, 0.717) is 16.9 Å². The summed E-state index contributed by atoms with van der Waals surface area (Å²) in [5, 5.41) is 8.86. The molecular formula is C18H19N3O2. The predicted molar refractivity (Wildman–Crippen MR) is 90.5 cm³/mol. The van der Waals surface area contributed by atoms with E-state index in [1.54, 1.807) is 18.2 Å². The molecule has 0 radical (unpaired) electrons. The summed E-state index contributed by atoms with van der Waals surface area (Å²) in [5.74, 6) is -0.257. The van der Waals surface area contributed by atoms with Gasteiger partial charge in [0.25, 0.3) is 5.91 Å². The average Bonchev–Trinajstić information content (AvgIpc) is 2.59. The Kier molecular flexibility index (Phi) is 4.28. The van der Waals surface area contributed by atoms with Crippen molar-refractivity contribution in [1.29, 1.82) is 0 Å². The van der Waals surface area contributed by atoms with Crippen molar-refractivity contribution in [3.8, 4) is 0 Å². The topological polar surface area (TPSA) is 70.2 Å². The molecule has 3 rings (SSSR count). The Balaban J connectivity index is 1.84. The number of hydrogen-bond donors (Lipinski definition) is 3. The lowest BCUT2D eigenvalue weighted by Gasteiger charge is -2.23. The summed E-state index contributed by atoms with van der Waals surface area (Å²) in [6.07, 6.45) is 0.801. The number of carbonyl (C=O) groups is 2. The second-order valence-corrected chi connectivity index (χ2v) is 5.47. The Morgan fingerprint density at radius 2 is 1.96 bits per heavy atom. The third-order valence-electron chi connectivity index (χ3n) is 3.92. The average molecular weight is 309 g/mol. The van der Waals surface area contributed by atoms with Crippen molar-refractivity contribution in [1.82, 2.24) is 5.32 Å².